The second-order valence-electron chi connectivity index (χ2n) is 8.89. The smallest absolute Gasteiger partial charge is 0.328 e. The number of aliphatic carboxylic acids is 1. The van der Waals surface area contributed by atoms with Crippen LogP contribution in [0.5, 0.6) is 5.75 Å². The van der Waals surface area contributed by atoms with Gasteiger partial charge in [-0.25, -0.2) is 4.79 Å². The molecule has 0 aliphatic heterocycles. The van der Waals surface area contributed by atoms with Gasteiger partial charge in [-0.15, -0.1) is 0 Å². The molecule has 1 aromatic carbocycles. The molecule has 0 amide bonds. The Hall–Kier alpha value is -2.33. The van der Waals surface area contributed by atoms with Gasteiger partial charge < -0.3 is 10.2 Å². The van der Waals surface area contributed by atoms with Gasteiger partial charge in [0.1, 0.15) is 5.75 Å². The molecule has 2 fully saturated rings. The largest absolute Gasteiger partial charge is 0.508 e. The molecule has 2 N–H and O–H groups in total. The molecule has 30 heavy (non-hydrogen) atoms. The Morgan fingerprint density at radius 2 is 1.93 bits per heavy atom. The summed E-state index contributed by atoms with van der Waals surface area (Å²) in [7, 11) is 0. The van der Waals surface area contributed by atoms with E-state index in [1.165, 1.54) is 44.6 Å². The molecule has 2 unspecified atom stereocenters. The van der Waals surface area contributed by atoms with E-state index in [0.717, 1.165) is 47.8 Å². The van der Waals surface area contributed by atoms with Crippen molar-refractivity contribution in [3.8, 4) is 17.0 Å². The lowest BCUT2D eigenvalue weighted by Gasteiger charge is -2.39. The number of aromatic hydroxyl groups is 1. The van der Waals surface area contributed by atoms with Crippen LogP contribution >= 0.6 is 11.6 Å². The van der Waals surface area contributed by atoms with Crippen molar-refractivity contribution in [2.45, 2.75) is 51.4 Å². The molecule has 0 spiro atoms. The lowest BCUT2D eigenvalue weighted by Crippen LogP contribution is -2.27. The molecule has 5 heteroatoms. The van der Waals surface area contributed by atoms with Crippen LogP contribution in [-0.4, -0.2) is 21.2 Å². The van der Waals surface area contributed by atoms with Crippen molar-refractivity contribution in [1.82, 2.24) is 4.98 Å². The van der Waals surface area contributed by atoms with Crippen molar-refractivity contribution in [2.24, 2.45) is 17.8 Å². The molecule has 2 aromatic rings. The molecule has 158 valence electrons. The first-order valence-electron chi connectivity index (χ1n) is 10.9. The molecule has 0 radical (unpaired) electrons. The molecule has 4 rings (SSSR count). The predicted octanol–water partition coefficient (Wildman–Crippen LogP) is 6.35. The van der Waals surface area contributed by atoms with Crippen LogP contribution in [0.25, 0.3) is 17.3 Å². The Labute approximate surface area is 182 Å². The third-order valence-corrected chi connectivity index (χ3v) is 6.97. The van der Waals surface area contributed by atoms with Crippen molar-refractivity contribution in [3.63, 3.8) is 0 Å². The summed E-state index contributed by atoms with van der Waals surface area (Å²) >= 11 is 6.42. The second-order valence-corrected chi connectivity index (χ2v) is 9.30. The quantitative estimate of drug-likeness (QED) is 0.528. The number of carbonyl (C=O) groups is 1. The zero-order chi connectivity index (χ0) is 21.1. The van der Waals surface area contributed by atoms with Crippen LogP contribution in [0.1, 0.15) is 56.1 Å². The fourth-order valence-corrected chi connectivity index (χ4v) is 5.61. The molecule has 1 heterocycles. The highest BCUT2D eigenvalue weighted by Crippen LogP contribution is 2.44. The Bertz CT molecular complexity index is 943. The highest BCUT2D eigenvalue weighted by Gasteiger charge is 2.31. The van der Waals surface area contributed by atoms with Gasteiger partial charge in [0.2, 0.25) is 0 Å². The van der Waals surface area contributed by atoms with E-state index in [1.807, 2.05) is 12.1 Å². The summed E-state index contributed by atoms with van der Waals surface area (Å²) in [6, 6.07) is 7.23. The number of nitrogens with zero attached hydrogens (tertiary/aromatic N) is 1. The predicted molar refractivity (Wildman–Crippen MR) is 120 cm³/mol. The van der Waals surface area contributed by atoms with Gasteiger partial charge in [0.15, 0.2) is 0 Å². The number of pyridine rings is 1. The van der Waals surface area contributed by atoms with Crippen LogP contribution in [0.3, 0.4) is 0 Å². The van der Waals surface area contributed by atoms with Crippen LogP contribution in [0.4, 0.5) is 0 Å². The maximum Gasteiger partial charge on any atom is 0.328 e. The van der Waals surface area contributed by atoms with E-state index >= 15 is 0 Å². The third kappa shape index (κ3) is 5.04. The Balaban J connectivity index is 1.47. The highest BCUT2D eigenvalue weighted by atomic mass is 35.5. The molecule has 2 saturated carbocycles. The maximum atomic E-state index is 10.7. The fourth-order valence-electron chi connectivity index (χ4n) is 5.32. The van der Waals surface area contributed by atoms with Crippen LogP contribution in [-0.2, 0) is 11.2 Å². The number of hydrogen-bond donors (Lipinski definition) is 2. The van der Waals surface area contributed by atoms with Gasteiger partial charge in [0, 0.05) is 17.8 Å². The first-order chi connectivity index (χ1) is 14.5. The number of phenolic OH excluding ortho intramolecular Hbond substituents is 1. The van der Waals surface area contributed by atoms with Gasteiger partial charge in [-0.1, -0.05) is 30.9 Å². The zero-order valence-corrected chi connectivity index (χ0v) is 17.8. The monoisotopic (exact) mass is 425 g/mol. The van der Waals surface area contributed by atoms with Crippen molar-refractivity contribution in [1.29, 1.82) is 0 Å². The number of carboxylic acid groups (broad SMARTS) is 1. The van der Waals surface area contributed by atoms with Crippen LogP contribution in [0.15, 0.2) is 36.5 Å². The van der Waals surface area contributed by atoms with Crippen LogP contribution < -0.4 is 0 Å². The molecule has 2 bridgehead atoms. The SMILES string of the molecule is O=C(O)C=Cc1cnc(-c2ccc(O)c(CCC3CC4CCCC(C4)C3)c2)c(Cl)c1. The number of halogens is 1. The minimum atomic E-state index is -1.01. The summed E-state index contributed by atoms with van der Waals surface area (Å²) in [5, 5.41) is 19.6. The van der Waals surface area contributed by atoms with E-state index < -0.39 is 5.97 Å². The lowest BCUT2D eigenvalue weighted by atomic mass is 9.67. The first-order valence-corrected chi connectivity index (χ1v) is 11.2. The minimum absolute atomic E-state index is 0.326. The Morgan fingerprint density at radius 3 is 2.63 bits per heavy atom. The molecule has 2 aliphatic carbocycles. The maximum absolute atomic E-state index is 10.7. The fraction of sp³-hybridized carbons (Fsp3) is 0.440. The number of rotatable bonds is 6. The molecule has 1 aromatic heterocycles. The molecule has 4 nitrogen and oxygen atoms in total. The average molecular weight is 426 g/mol. The topological polar surface area (TPSA) is 70.4 Å². The summed E-state index contributed by atoms with van der Waals surface area (Å²) in [5.74, 6) is 1.91. The van der Waals surface area contributed by atoms with E-state index in [-0.39, 0.29) is 0 Å². The van der Waals surface area contributed by atoms with Gasteiger partial charge in [0.25, 0.3) is 0 Å². The van der Waals surface area contributed by atoms with Crippen LogP contribution in [0.2, 0.25) is 5.02 Å². The van der Waals surface area contributed by atoms with Gasteiger partial charge in [0.05, 0.1) is 10.7 Å². The Morgan fingerprint density at radius 1 is 1.17 bits per heavy atom. The van der Waals surface area contributed by atoms with Crippen molar-refractivity contribution >= 4 is 23.6 Å². The normalized spacial score (nSPS) is 23.6. The standard InChI is InChI=1S/C25H28ClNO3/c26-22-13-19(5-9-24(29)30)15-27-25(22)21-7-8-23(28)20(14-21)6-4-18-11-16-2-1-3-17(10-16)12-18/h5,7-9,13-18,28H,1-4,6,10-12H2,(H,29,30). The Kier molecular flexibility index (Phi) is 6.43. The summed E-state index contributed by atoms with van der Waals surface area (Å²) in [4.78, 5) is 15.1. The number of benzene rings is 1. The average Bonchev–Trinajstić information content (AvgIpc) is 2.72. The van der Waals surface area contributed by atoms with Crippen molar-refractivity contribution in [3.05, 3.63) is 52.7 Å². The molecular weight excluding hydrogens is 398 g/mol. The van der Waals surface area contributed by atoms with Crippen LogP contribution in [0, 0.1) is 17.8 Å². The number of aryl methyl sites for hydroxylation is 1. The number of aromatic nitrogens is 1. The van der Waals surface area contributed by atoms with Gasteiger partial charge in [-0.3, -0.25) is 4.98 Å². The summed E-state index contributed by atoms with van der Waals surface area (Å²) < 4.78 is 0. The zero-order valence-electron chi connectivity index (χ0n) is 17.1. The molecule has 2 aliphatic rings. The number of phenols is 1. The van der Waals surface area contributed by atoms with Gasteiger partial charge in [-0.05, 0) is 91.3 Å². The lowest BCUT2D eigenvalue weighted by molar-refractivity contribution is -0.131. The molecular formula is C25H28ClNO3. The highest BCUT2D eigenvalue weighted by molar-refractivity contribution is 6.33. The second kappa shape index (κ2) is 9.22. The first kappa shape index (κ1) is 20.9. The van der Waals surface area contributed by atoms with E-state index in [4.69, 9.17) is 16.7 Å². The van der Waals surface area contributed by atoms with Gasteiger partial charge >= 0.3 is 5.97 Å². The number of hydrogen-bond acceptors (Lipinski definition) is 3. The van der Waals surface area contributed by atoms with Crippen molar-refractivity contribution in [2.75, 3.05) is 0 Å². The van der Waals surface area contributed by atoms with Gasteiger partial charge in [-0.2, -0.15) is 0 Å². The third-order valence-electron chi connectivity index (χ3n) is 6.68. The van der Waals surface area contributed by atoms with E-state index in [0.29, 0.717) is 22.0 Å². The van der Waals surface area contributed by atoms with E-state index in [1.54, 1.807) is 18.3 Å². The number of carboxylic acids is 1. The summed E-state index contributed by atoms with van der Waals surface area (Å²) in [5.41, 5.74) is 3.07. The number of fused-ring (bicyclic) bond motifs is 2. The van der Waals surface area contributed by atoms with E-state index in [2.05, 4.69) is 4.98 Å². The minimum Gasteiger partial charge on any atom is -0.508 e. The summed E-state index contributed by atoms with van der Waals surface area (Å²) in [6.45, 7) is 0. The van der Waals surface area contributed by atoms with Crippen molar-refractivity contribution < 1.29 is 15.0 Å². The summed E-state index contributed by atoms with van der Waals surface area (Å²) in [6.07, 6.45) is 14.4. The van der Waals surface area contributed by atoms with E-state index in [9.17, 15) is 9.90 Å². The molecule has 0 saturated heterocycles. The molecule has 2 atom stereocenters.